The molecular weight excluding hydrogens is 313 g/mol. The molecule has 0 unspecified atom stereocenters. The van der Waals surface area contributed by atoms with E-state index in [1.165, 1.54) is 5.69 Å². The molecule has 0 saturated carbocycles. The molecule has 0 radical (unpaired) electrons. The second kappa shape index (κ2) is 12.7. The van der Waals surface area contributed by atoms with Gasteiger partial charge in [0.1, 0.15) is 0 Å². The summed E-state index contributed by atoms with van der Waals surface area (Å²) in [5, 5.41) is 8.49. The normalized spacial score (nSPS) is 9.43. The average molecular weight is 338 g/mol. The van der Waals surface area contributed by atoms with Crippen molar-refractivity contribution in [2.24, 2.45) is 0 Å². The molecule has 0 aromatic heterocycles. The molecule has 1 aromatic carbocycles. The lowest BCUT2D eigenvalue weighted by Crippen LogP contribution is -2.08. The van der Waals surface area contributed by atoms with Gasteiger partial charge in [-0.15, -0.1) is 24.8 Å². The van der Waals surface area contributed by atoms with Crippen molar-refractivity contribution < 1.29 is 14.6 Å². The summed E-state index contributed by atoms with van der Waals surface area (Å²) >= 11 is 0. The van der Waals surface area contributed by atoms with E-state index in [1.807, 2.05) is 14.1 Å². The number of ether oxygens (including phenoxy) is 1. The number of hydrogen-bond acceptors (Lipinski definition) is 3. The van der Waals surface area contributed by atoms with E-state index in [2.05, 4.69) is 29.2 Å². The van der Waals surface area contributed by atoms with Gasteiger partial charge in [-0.1, -0.05) is 18.6 Å². The number of unbranched alkanes of at least 4 members (excludes halogenated alkanes) is 2. The van der Waals surface area contributed by atoms with E-state index < -0.39 is 5.97 Å². The van der Waals surface area contributed by atoms with Gasteiger partial charge in [-0.3, -0.25) is 4.79 Å². The van der Waals surface area contributed by atoms with E-state index in [-0.39, 0.29) is 31.2 Å². The Kier molecular flexibility index (Phi) is 13.5. The van der Waals surface area contributed by atoms with Gasteiger partial charge < -0.3 is 14.7 Å². The van der Waals surface area contributed by atoms with Crippen LogP contribution in [0.25, 0.3) is 0 Å². The molecule has 0 aliphatic heterocycles. The summed E-state index contributed by atoms with van der Waals surface area (Å²) < 4.78 is 5.57. The van der Waals surface area contributed by atoms with Crippen molar-refractivity contribution in [2.75, 3.05) is 25.6 Å². The Balaban J connectivity index is 0. The zero-order valence-corrected chi connectivity index (χ0v) is 14.2. The molecule has 122 valence electrons. The van der Waals surface area contributed by atoms with Gasteiger partial charge in [-0.25, -0.2) is 0 Å². The molecule has 0 spiro atoms. The summed E-state index contributed by atoms with van der Waals surface area (Å²) in [4.78, 5) is 12.4. The van der Waals surface area contributed by atoms with Crippen LogP contribution in [0.5, 0.6) is 0 Å². The largest absolute Gasteiger partial charge is 0.481 e. The zero-order valence-electron chi connectivity index (χ0n) is 12.6. The molecule has 0 aliphatic carbocycles. The average Bonchev–Trinajstić information content (AvgIpc) is 2.38. The number of carbonyl (C=O) groups is 1. The van der Waals surface area contributed by atoms with E-state index in [9.17, 15) is 4.79 Å². The van der Waals surface area contributed by atoms with Crippen LogP contribution in [0.4, 0.5) is 5.69 Å². The lowest BCUT2D eigenvalue weighted by Gasteiger charge is -2.12. The molecule has 0 aliphatic rings. The van der Waals surface area contributed by atoms with Crippen LogP contribution in [-0.4, -0.2) is 31.8 Å². The van der Waals surface area contributed by atoms with Gasteiger partial charge in [0, 0.05) is 32.8 Å². The van der Waals surface area contributed by atoms with Crippen molar-refractivity contribution in [2.45, 2.75) is 32.3 Å². The first-order valence-corrected chi connectivity index (χ1v) is 6.65. The minimum absolute atomic E-state index is 0. The van der Waals surface area contributed by atoms with Crippen molar-refractivity contribution in [1.82, 2.24) is 0 Å². The molecule has 0 amide bonds. The van der Waals surface area contributed by atoms with Gasteiger partial charge in [-0.05, 0) is 30.5 Å². The molecule has 21 heavy (non-hydrogen) atoms. The monoisotopic (exact) mass is 337 g/mol. The number of aliphatic carboxylic acids is 1. The maximum Gasteiger partial charge on any atom is 0.303 e. The lowest BCUT2D eigenvalue weighted by atomic mass is 10.2. The number of benzene rings is 1. The summed E-state index contributed by atoms with van der Waals surface area (Å²) in [6.07, 6.45) is 2.82. The minimum atomic E-state index is -0.720. The Morgan fingerprint density at radius 3 is 2.24 bits per heavy atom. The number of hydrogen-bond donors (Lipinski definition) is 1. The van der Waals surface area contributed by atoms with Crippen LogP contribution in [-0.2, 0) is 16.1 Å². The Bertz CT molecular complexity index is 383. The third-order valence-electron chi connectivity index (χ3n) is 2.90. The van der Waals surface area contributed by atoms with Crippen molar-refractivity contribution in [1.29, 1.82) is 0 Å². The minimum Gasteiger partial charge on any atom is -0.481 e. The Morgan fingerprint density at radius 2 is 1.71 bits per heavy atom. The fourth-order valence-electron chi connectivity index (χ4n) is 1.74. The van der Waals surface area contributed by atoms with Crippen LogP contribution < -0.4 is 4.90 Å². The summed E-state index contributed by atoms with van der Waals surface area (Å²) in [5.41, 5.74) is 2.34. The molecule has 0 heterocycles. The SMILES string of the molecule is CN(C)c1ccc(COCCCCCC(=O)O)cc1.Cl.Cl. The van der Waals surface area contributed by atoms with Crippen LogP contribution in [0.2, 0.25) is 0 Å². The van der Waals surface area contributed by atoms with Gasteiger partial charge in [0.25, 0.3) is 0 Å². The van der Waals surface area contributed by atoms with Crippen molar-refractivity contribution in [3.05, 3.63) is 29.8 Å². The first kappa shape index (κ1) is 22.3. The molecule has 6 heteroatoms. The predicted molar refractivity (Wildman–Crippen MR) is 91.0 cm³/mol. The molecule has 0 fully saturated rings. The molecular formula is C15H25Cl2NO3. The highest BCUT2D eigenvalue weighted by Gasteiger charge is 1.98. The number of rotatable bonds is 9. The highest BCUT2D eigenvalue weighted by molar-refractivity contribution is 5.85. The first-order valence-electron chi connectivity index (χ1n) is 6.65. The fraction of sp³-hybridized carbons (Fsp3) is 0.533. The number of anilines is 1. The second-order valence-electron chi connectivity index (χ2n) is 4.82. The number of carboxylic acids is 1. The molecule has 0 saturated heterocycles. The Hall–Kier alpha value is -0.970. The van der Waals surface area contributed by atoms with Crippen molar-refractivity contribution >= 4 is 36.5 Å². The maximum atomic E-state index is 10.3. The molecule has 1 rings (SSSR count). The Labute approximate surface area is 139 Å². The smallest absolute Gasteiger partial charge is 0.303 e. The highest BCUT2D eigenvalue weighted by atomic mass is 35.5. The van der Waals surface area contributed by atoms with Gasteiger partial charge in [0.2, 0.25) is 0 Å². The van der Waals surface area contributed by atoms with Crippen LogP contribution in [0.3, 0.4) is 0 Å². The highest BCUT2D eigenvalue weighted by Crippen LogP contribution is 2.13. The quantitative estimate of drug-likeness (QED) is 0.697. The third-order valence-corrected chi connectivity index (χ3v) is 2.90. The van der Waals surface area contributed by atoms with Crippen molar-refractivity contribution in [3.8, 4) is 0 Å². The summed E-state index contributed by atoms with van der Waals surface area (Å²) in [6, 6.07) is 8.29. The van der Waals surface area contributed by atoms with E-state index >= 15 is 0 Å². The van der Waals surface area contributed by atoms with Crippen LogP contribution in [0.15, 0.2) is 24.3 Å². The standard InChI is InChI=1S/C15H23NO3.2ClH/c1-16(2)14-9-7-13(8-10-14)12-19-11-5-3-4-6-15(17)18;;/h7-10H,3-6,11-12H2,1-2H3,(H,17,18);2*1H. The van der Waals surface area contributed by atoms with E-state index in [0.717, 1.165) is 24.8 Å². The van der Waals surface area contributed by atoms with Crippen LogP contribution in [0.1, 0.15) is 31.2 Å². The molecule has 0 bridgehead atoms. The number of carboxylic acid groups (broad SMARTS) is 1. The van der Waals surface area contributed by atoms with Crippen LogP contribution >= 0.6 is 24.8 Å². The topological polar surface area (TPSA) is 49.8 Å². The van der Waals surface area contributed by atoms with Gasteiger partial charge in [-0.2, -0.15) is 0 Å². The lowest BCUT2D eigenvalue weighted by molar-refractivity contribution is -0.137. The van der Waals surface area contributed by atoms with Gasteiger partial charge in [0.15, 0.2) is 0 Å². The predicted octanol–water partition coefficient (Wildman–Crippen LogP) is 3.76. The summed E-state index contributed by atoms with van der Waals surface area (Å²) in [7, 11) is 4.03. The maximum absolute atomic E-state index is 10.3. The molecule has 4 nitrogen and oxygen atoms in total. The Morgan fingerprint density at radius 1 is 1.10 bits per heavy atom. The van der Waals surface area contributed by atoms with Gasteiger partial charge >= 0.3 is 5.97 Å². The summed E-state index contributed by atoms with van der Waals surface area (Å²) in [6.45, 7) is 1.31. The summed E-state index contributed by atoms with van der Waals surface area (Å²) in [5.74, 6) is -0.720. The fourth-order valence-corrected chi connectivity index (χ4v) is 1.74. The van der Waals surface area contributed by atoms with E-state index in [4.69, 9.17) is 9.84 Å². The van der Waals surface area contributed by atoms with E-state index in [0.29, 0.717) is 13.2 Å². The number of halogens is 2. The van der Waals surface area contributed by atoms with Gasteiger partial charge in [0.05, 0.1) is 6.61 Å². The molecule has 1 aromatic rings. The molecule has 0 atom stereocenters. The second-order valence-corrected chi connectivity index (χ2v) is 4.82. The van der Waals surface area contributed by atoms with Crippen molar-refractivity contribution in [3.63, 3.8) is 0 Å². The van der Waals surface area contributed by atoms with E-state index in [1.54, 1.807) is 0 Å². The zero-order chi connectivity index (χ0) is 14.1. The third kappa shape index (κ3) is 10.4. The van der Waals surface area contributed by atoms with Crippen LogP contribution in [0, 0.1) is 0 Å². The first-order chi connectivity index (χ1) is 9.09. The number of nitrogens with zero attached hydrogens (tertiary/aromatic N) is 1. The molecule has 1 N–H and O–H groups in total.